The minimum Gasteiger partial charge on any atom is -0.477 e. The molecule has 5 heteroatoms. The molecule has 4 aromatic rings. The van der Waals surface area contributed by atoms with E-state index in [1.54, 1.807) is 6.07 Å². The standard InChI is InChI=1S/C30H19FN2O2/c31-29-19-23(13-16-24(29)20-25(21-32)30(34)35)12-11-22-14-17-28(18-15-22)33(26-7-3-1-4-8-26)27-9-5-2-6-10-27/h1-10,13-20H,(H,34,35). The lowest BCUT2D eigenvalue weighted by Crippen LogP contribution is -2.09. The molecule has 0 saturated carbocycles. The van der Waals surface area contributed by atoms with Crippen molar-refractivity contribution in [2.24, 2.45) is 0 Å². The van der Waals surface area contributed by atoms with Crippen LogP contribution in [-0.4, -0.2) is 11.1 Å². The largest absolute Gasteiger partial charge is 0.477 e. The smallest absolute Gasteiger partial charge is 0.346 e. The molecule has 0 saturated heterocycles. The summed E-state index contributed by atoms with van der Waals surface area (Å²) in [6.07, 6.45) is 0.999. The Hall–Kier alpha value is -5.13. The SMILES string of the molecule is N#CC(=Cc1ccc(C#Cc2ccc(N(c3ccccc3)c3ccccc3)cc2)cc1F)C(=O)O. The third-order valence-corrected chi connectivity index (χ3v) is 5.16. The molecule has 0 amide bonds. The molecular weight excluding hydrogens is 439 g/mol. The van der Waals surface area contributed by atoms with E-state index in [2.05, 4.69) is 16.7 Å². The van der Waals surface area contributed by atoms with Crippen molar-refractivity contribution in [2.75, 3.05) is 4.90 Å². The number of rotatable bonds is 5. The van der Waals surface area contributed by atoms with Gasteiger partial charge in [-0.3, -0.25) is 0 Å². The van der Waals surface area contributed by atoms with Gasteiger partial charge in [-0.05, 0) is 66.7 Å². The first-order chi connectivity index (χ1) is 17.0. The van der Waals surface area contributed by atoms with Crippen molar-refractivity contribution in [3.8, 4) is 17.9 Å². The van der Waals surface area contributed by atoms with Crippen molar-refractivity contribution in [1.82, 2.24) is 0 Å². The molecule has 0 unspecified atom stereocenters. The van der Waals surface area contributed by atoms with Crippen LogP contribution in [0.3, 0.4) is 0 Å². The number of hydrogen-bond donors (Lipinski definition) is 1. The van der Waals surface area contributed by atoms with Crippen LogP contribution in [0.4, 0.5) is 21.5 Å². The van der Waals surface area contributed by atoms with Gasteiger partial charge in [-0.1, -0.05) is 54.3 Å². The topological polar surface area (TPSA) is 64.3 Å². The number of carbonyl (C=O) groups is 1. The summed E-state index contributed by atoms with van der Waals surface area (Å²) in [5, 5.41) is 17.8. The van der Waals surface area contributed by atoms with Gasteiger partial charge >= 0.3 is 5.97 Å². The van der Waals surface area contributed by atoms with Gasteiger partial charge in [-0.25, -0.2) is 9.18 Å². The van der Waals surface area contributed by atoms with E-state index in [1.807, 2.05) is 84.9 Å². The number of benzene rings is 4. The van der Waals surface area contributed by atoms with E-state index in [0.29, 0.717) is 5.56 Å². The Morgan fingerprint density at radius 1 is 0.771 bits per heavy atom. The fraction of sp³-hybridized carbons (Fsp3) is 0. The summed E-state index contributed by atoms with van der Waals surface area (Å²) in [6.45, 7) is 0. The molecule has 168 valence electrons. The molecule has 0 atom stereocenters. The number of carboxylic acid groups (broad SMARTS) is 1. The van der Waals surface area contributed by atoms with Gasteiger partial charge in [0.2, 0.25) is 0 Å². The minimum absolute atomic E-state index is 0.0146. The quantitative estimate of drug-likeness (QED) is 0.206. The second-order valence-corrected chi connectivity index (χ2v) is 7.51. The Balaban J connectivity index is 1.59. The van der Waals surface area contributed by atoms with Gasteiger partial charge < -0.3 is 10.0 Å². The zero-order valence-corrected chi connectivity index (χ0v) is 18.5. The number of para-hydroxylation sites is 2. The molecule has 4 nitrogen and oxygen atoms in total. The van der Waals surface area contributed by atoms with E-state index < -0.39 is 17.4 Å². The maximum atomic E-state index is 14.4. The van der Waals surface area contributed by atoms with Crippen molar-refractivity contribution in [3.05, 3.63) is 131 Å². The highest BCUT2D eigenvalue weighted by molar-refractivity contribution is 5.96. The number of carboxylic acids is 1. The van der Waals surface area contributed by atoms with E-state index in [1.165, 1.54) is 18.2 Å². The summed E-state index contributed by atoms with van der Waals surface area (Å²) in [4.78, 5) is 13.1. The summed E-state index contributed by atoms with van der Waals surface area (Å²) in [6, 6.07) is 33.6. The Bertz CT molecular complexity index is 1440. The molecule has 35 heavy (non-hydrogen) atoms. The molecule has 0 aliphatic carbocycles. The highest BCUT2D eigenvalue weighted by Gasteiger charge is 2.11. The summed E-state index contributed by atoms with van der Waals surface area (Å²) < 4.78 is 14.4. The number of nitriles is 1. The predicted octanol–water partition coefficient (Wildman–Crippen LogP) is 6.69. The zero-order chi connectivity index (χ0) is 24.6. The number of halogens is 1. The van der Waals surface area contributed by atoms with Crippen LogP contribution in [0, 0.1) is 29.0 Å². The van der Waals surface area contributed by atoms with Crippen LogP contribution in [-0.2, 0) is 4.79 Å². The van der Waals surface area contributed by atoms with Gasteiger partial charge in [0.1, 0.15) is 17.5 Å². The van der Waals surface area contributed by atoms with E-state index in [9.17, 15) is 9.18 Å². The van der Waals surface area contributed by atoms with E-state index in [4.69, 9.17) is 10.4 Å². The first kappa shape index (κ1) is 23.0. The molecule has 1 N–H and O–H groups in total. The lowest BCUT2D eigenvalue weighted by atomic mass is 10.1. The van der Waals surface area contributed by atoms with E-state index in [0.717, 1.165) is 28.7 Å². The zero-order valence-electron chi connectivity index (χ0n) is 18.5. The van der Waals surface area contributed by atoms with Crippen LogP contribution < -0.4 is 4.90 Å². The molecular formula is C30H19FN2O2. The maximum absolute atomic E-state index is 14.4. The van der Waals surface area contributed by atoms with Crippen LogP contribution in [0.15, 0.2) is 109 Å². The van der Waals surface area contributed by atoms with Crippen LogP contribution in [0.1, 0.15) is 16.7 Å². The normalized spacial score (nSPS) is 10.6. The first-order valence-electron chi connectivity index (χ1n) is 10.7. The second kappa shape index (κ2) is 10.7. The molecule has 0 aliphatic heterocycles. The number of anilines is 3. The fourth-order valence-corrected chi connectivity index (χ4v) is 3.46. The van der Waals surface area contributed by atoms with Crippen molar-refractivity contribution < 1.29 is 14.3 Å². The Kier molecular flexibility index (Phi) is 7.02. The summed E-state index contributed by atoms with van der Waals surface area (Å²) in [5.41, 5.74) is 3.71. The van der Waals surface area contributed by atoms with Gasteiger partial charge in [0, 0.05) is 33.8 Å². The number of hydrogen-bond acceptors (Lipinski definition) is 3. The average molecular weight is 458 g/mol. The molecule has 0 bridgehead atoms. The lowest BCUT2D eigenvalue weighted by molar-refractivity contribution is -0.132. The van der Waals surface area contributed by atoms with Gasteiger partial charge in [-0.2, -0.15) is 5.26 Å². The Labute approximate surface area is 202 Å². The van der Waals surface area contributed by atoms with Gasteiger partial charge in [0.05, 0.1) is 0 Å². The van der Waals surface area contributed by atoms with Crippen LogP contribution in [0.5, 0.6) is 0 Å². The monoisotopic (exact) mass is 458 g/mol. The molecule has 0 spiro atoms. The first-order valence-corrected chi connectivity index (χ1v) is 10.7. The Morgan fingerprint density at radius 3 is 1.80 bits per heavy atom. The average Bonchev–Trinajstić information content (AvgIpc) is 2.89. The van der Waals surface area contributed by atoms with Gasteiger partial charge in [-0.15, -0.1) is 0 Å². The molecule has 0 aliphatic rings. The number of aliphatic carboxylic acids is 1. The van der Waals surface area contributed by atoms with Gasteiger partial charge in [0.25, 0.3) is 0 Å². The van der Waals surface area contributed by atoms with Crippen LogP contribution in [0.25, 0.3) is 6.08 Å². The third-order valence-electron chi connectivity index (χ3n) is 5.16. The van der Waals surface area contributed by atoms with Crippen LogP contribution >= 0.6 is 0 Å². The van der Waals surface area contributed by atoms with Crippen molar-refractivity contribution in [1.29, 1.82) is 5.26 Å². The molecule has 0 fully saturated rings. The van der Waals surface area contributed by atoms with Crippen molar-refractivity contribution >= 4 is 29.1 Å². The van der Waals surface area contributed by atoms with E-state index >= 15 is 0 Å². The summed E-state index contributed by atoms with van der Waals surface area (Å²) in [7, 11) is 0. The molecule has 0 heterocycles. The summed E-state index contributed by atoms with van der Waals surface area (Å²) >= 11 is 0. The summed E-state index contributed by atoms with van der Waals surface area (Å²) in [5.74, 6) is 3.90. The Morgan fingerprint density at radius 2 is 1.29 bits per heavy atom. The number of nitrogens with zero attached hydrogens (tertiary/aromatic N) is 2. The van der Waals surface area contributed by atoms with Crippen molar-refractivity contribution in [3.63, 3.8) is 0 Å². The molecule has 0 aromatic heterocycles. The maximum Gasteiger partial charge on any atom is 0.346 e. The molecule has 4 aromatic carbocycles. The predicted molar refractivity (Wildman–Crippen MR) is 135 cm³/mol. The third kappa shape index (κ3) is 5.63. The van der Waals surface area contributed by atoms with Crippen LogP contribution in [0.2, 0.25) is 0 Å². The van der Waals surface area contributed by atoms with E-state index in [-0.39, 0.29) is 5.56 Å². The highest BCUT2D eigenvalue weighted by Crippen LogP contribution is 2.33. The second-order valence-electron chi connectivity index (χ2n) is 7.51. The molecule has 0 radical (unpaired) electrons. The minimum atomic E-state index is -1.41. The van der Waals surface area contributed by atoms with Gasteiger partial charge in [0.15, 0.2) is 0 Å². The molecule has 4 rings (SSSR count). The highest BCUT2D eigenvalue weighted by atomic mass is 19.1. The fourth-order valence-electron chi connectivity index (χ4n) is 3.46. The van der Waals surface area contributed by atoms with Crippen molar-refractivity contribution in [2.45, 2.75) is 0 Å². The lowest BCUT2D eigenvalue weighted by Gasteiger charge is -2.25.